The summed E-state index contributed by atoms with van der Waals surface area (Å²) in [5.74, 6) is -2.51. The lowest BCUT2D eigenvalue weighted by Crippen LogP contribution is -2.18. The van der Waals surface area contributed by atoms with Crippen LogP contribution in [0.4, 0.5) is 20.2 Å². The van der Waals surface area contributed by atoms with Crippen molar-refractivity contribution < 1.29 is 13.6 Å². The van der Waals surface area contributed by atoms with Crippen LogP contribution in [0.2, 0.25) is 0 Å². The molecule has 9 heteroatoms. The number of amides is 1. The number of pyridine rings is 1. The van der Waals surface area contributed by atoms with Crippen molar-refractivity contribution in [3.05, 3.63) is 70.3 Å². The van der Waals surface area contributed by atoms with Gasteiger partial charge in [-0.1, -0.05) is 6.07 Å². The van der Waals surface area contributed by atoms with Crippen LogP contribution in [0.3, 0.4) is 0 Å². The number of halogens is 2. The largest absolute Gasteiger partial charge is 0.364 e. The van der Waals surface area contributed by atoms with Gasteiger partial charge in [-0.3, -0.25) is 9.59 Å². The van der Waals surface area contributed by atoms with Crippen LogP contribution in [0.5, 0.6) is 0 Å². The Morgan fingerprint density at radius 3 is 2.46 bits per heavy atom. The van der Waals surface area contributed by atoms with Crippen LogP contribution in [0, 0.1) is 11.6 Å². The predicted octanol–water partition coefficient (Wildman–Crippen LogP) is 1.96. The average molecular weight is 357 g/mol. The highest BCUT2D eigenvalue weighted by Crippen LogP contribution is 2.28. The number of rotatable bonds is 4. The standard InChI is InChI=1S/C17H13F2N5O2/c1-24-8-9(5-6-14(24)25)21-13-7-12(22-23-16(13)17(20)26)15-10(18)3-2-4-11(15)19/h2-8H,1H3,(H2,20,26)(H,21,22). The summed E-state index contributed by atoms with van der Waals surface area (Å²) in [5.41, 5.74) is 4.91. The van der Waals surface area contributed by atoms with E-state index in [-0.39, 0.29) is 28.2 Å². The number of nitrogens with two attached hydrogens (primary N) is 1. The fourth-order valence-electron chi connectivity index (χ4n) is 2.36. The Hall–Kier alpha value is -3.62. The van der Waals surface area contributed by atoms with Crippen LogP contribution < -0.4 is 16.6 Å². The van der Waals surface area contributed by atoms with E-state index in [0.29, 0.717) is 5.69 Å². The van der Waals surface area contributed by atoms with Gasteiger partial charge in [0.15, 0.2) is 5.69 Å². The van der Waals surface area contributed by atoms with E-state index in [9.17, 15) is 18.4 Å². The van der Waals surface area contributed by atoms with E-state index in [0.717, 1.165) is 12.1 Å². The number of aryl methyl sites for hydroxylation is 1. The summed E-state index contributed by atoms with van der Waals surface area (Å²) in [6.45, 7) is 0. The highest BCUT2D eigenvalue weighted by Gasteiger charge is 2.18. The number of primary amides is 1. The number of carbonyl (C=O) groups excluding carboxylic acids is 1. The molecule has 0 saturated carbocycles. The van der Waals surface area contributed by atoms with Gasteiger partial charge in [0.2, 0.25) is 5.56 Å². The molecule has 0 aliphatic heterocycles. The smallest absolute Gasteiger partial charge is 0.271 e. The second-order valence-corrected chi connectivity index (χ2v) is 5.44. The predicted molar refractivity (Wildman–Crippen MR) is 90.9 cm³/mol. The number of nitrogens with zero attached hydrogens (tertiary/aromatic N) is 3. The first kappa shape index (κ1) is 17.2. The van der Waals surface area contributed by atoms with Gasteiger partial charge in [0.05, 0.1) is 16.9 Å². The molecule has 0 spiro atoms. The molecule has 0 atom stereocenters. The SMILES string of the molecule is Cn1cc(Nc2cc(-c3c(F)cccc3F)nnc2C(N)=O)ccc1=O. The fourth-order valence-corrected chi connectivity index (χ4v) is 2.36. The normalized spacial score (nSPS) is 10.6. The molecular formula is C17H13F2N5O2. The third kappa shape index (κ3) is 3.27. The van der Waals surface area contributed by atoms with Gasteiger partial charge in [0, 0.05) is 19.3 Å². The van der Waals surface area contributed by atoms with Crippen molar-refractivity contribution >= 4 is 17.3 Å². The Kier molecular flexibility index (Phi) is 4.44. The molecule has 0 unspecified atom stereocenters. The number of hydrogen-bond donors (Lipinski definition) is 2. The second-order valence-electron chi connectivity index (χ2n) is 5.44. The zero-order valence-electron chi connectivity index (χ0n) is 13.5. The second kappa shape index (κ2) is 6.71. The molecule has 2 aromatic heterocycles. The summed E-state index contributed by atoms with van der Waals surface area (Å²) >= 11 is 0. The van der Waals surface area contributed by atoms with E-state index in [4.69, 9.17) is 5.73 Å². The van der Waals surface area contributed by atoms with Gasteiger partial charge in [0.25, 0.3) is 5.91 Å². The van der Waals surface area contributed by atoms with Crippen molar-refractivity contribution in [1.82, 2.24) is 14.8 Å². The van der Waals surface area contributed by atoms with Gasteiger partial charge in [-0.25, -0.2) is 8.78 Å². The number of benzene rings is 1. The van der Waals surface area contributed by atoms with Gasteiger partial charge >= 0.3 is 0 Å². The summed E-state index contributed by atoms with van der Waals surface area (Å²) in [6.07, 6.45) is 1.48. The Labute approximate surface area is 146 Å². The fraction of sp³-hybridized carbons (Fsp3) is 0.0588. The van der Waals surface area contributed by atoms with E-state index in [1.165, 1.54) is 35.0 Å². The van der Waals surface area contributed by atoms with E-state index >= 15 is 0 Å². The van der Waals surface area contributed by atoms with Gasteiger partial charge in [-0.15, -0.1) is 10.2 Å². The van der Waals surface area contributed by atoms with Crippen molar-refractivity contribution in [2.24, 2.45) is 12.8 Å². The topological polar surface area (TPSA) is 103 Å². The molecule has 3 rings (SSSR count). The monoisotopic (exact) mass is 357 g/mol. The summed E-state index contributed by atoms with van der Waals surface area (Å²) in [4.78, 5) is 23.1. The lowest BCUT2D eigenvalue weighted by molar-refractivity contribution is 0.0995. The zero-order chi connectivity index (χ0) is 18.8. The molecule has 132 valence electrons. The van der Waals surface area contributed by atoms with Gasteiger partial charge in [0.1, 0.15) is 17.3 Å². The molecule has 0 bridgehead atoms. The van der Waals surface area contributed by atoms with E-state index in [2.05, 4.69) is 15.5 Å². The van der Waals surface area contributed by atoms with Crippen molar-refractivity contribution in [2.75, 3.05) is 5.32 Å². The van der Waals surface area contributed by atoms with Gasteiger partial charge in [-0.2, -0.15) is 0 Å². The molecule has 3 N–H and O–H groups in total. The Morgan fingerprint density at radius 2 is 1.85 bits per heavy atom. The third-order valence-corrected chi connectivity index (χ3v) is 3.61. The zero-order valence-corrected chi connectivity index (χ0v) is 13.5. The Balaban J connectivity index is 2.11. The Morgan fingerprint density at radius 1 is 1.15 bits per heavy atom. The number of nitrogens with one attached hydrogen (secondary N) is 1. The lowest BCUT2D eigenvalue weighted by atomic mass is 10.1. The minimum atomic E-state index is -0.870. The first-order valence-electron chi connectivity index (χ1n) is 7.42. The average Bonchev–Trinajstić information content (AvgIpc) is 2.58. The number of hydrogen-bond acceptors (Lipinski definition) is 5. The third-order valence-electron chi connectivity index (χ3n) is 3.61. The molecule has 0 radical (unpaired) electrons. The van der Waals surface area contributed by atoms with E-state index < -0.39 is 17.5 Å². The van der Waals surface area contributed by atoms with Crippen LogP contribution in [0.15, 0.2) is 47.4 Å². The summed E-state index contributed by atoms with van der Waals surface area (Å²) in [6, 6.07) is 7.46. The van der Waals surface area contributed by atoms with Crippen molar-refractivity contribution in [3.8, 4) is 11.3 Å². The molecule has 0 aliphatic carbocycles. The maximum absolute atomic E-state index is 14.0. The van der Waals surface area contributed by atoms with Crippen LogP contribution in [0.1, 0.15) is 10.5 Å². The number of anilines is 2. The summed E-state index contributed by atoms with van der Waals surface area (Å²) < 4.78 is 29.3. The first-order chi connectivity index (χ1) is 12.4. The van der Waals surface area contributed by atoms with E-state index in [1.807, 2.05) is 0 Å². The Bertz CT molecular complexity index is 1050. The van der Waals surface area contributed by atoms with Crippen molar-refractivity contribution in [2.45, 2.75) is 0 Å². The van der Waals surface area contributed by atoms with Crippen LogP contribution in [0.25, 0.3) is 11.3 Å². The molecule has 2 heterocycles. The molecule has 7 nitrogen and oxygen atoms in total. The lowest BCUT2D eigenvalue weighted by Gasteiger charge is -2.12. The minimum absolute atomic E-state index is 0.101. The first-order valence-corrected chi connectivity index (χ1v) is 7.42. The van der Waals surface area contributed by atoms with Gasteiger partial charge in [-0.05, 0) is 24.3 Å². The number of aromatic nitrogens is 3. The van der Waals surface area contributed by atoms with Gasteiger partial charge < -0.3 is 15.6 Å². The molecule has 26 heavy (non-hydrogen) atoms. The van der Waals surface area contributed by atoms with Crippen LogP contribution in [-0.2, 0) is 7.05 Å². The molecule has 0 saturated heterocycles. The summed E-state index contributed by atoms with van der Waals surface area (Å²) in [5, 5.41) is 10.2. The molecule has 1 aromatic carbocycles. The quantitative estimate of drug-likeness (QED) is 0.743. The molecular weight excluding hydrogens is 344 g/mol. The van der Waals surface area contributed by atoms with Crippen molar-refractivity contribution in [3.63, 3.8) is 0 Å². The number of carbonyl (C=O) groups is 1. The maximum Gasteiger partial charge on any atom is 0.271 e. The van der Waals surface area contributed by atoms with E-state index in [1.54, 1.807) is 7.05 Å². The van der Waals surface area contributed by atoms with Crippen LogP contribution >= 0.6 is 0 Å². The molecule has 0 fully saturated rings. The molecule has 1 amide bonds. The minimum Gasteiger partial charge on any atom is -0.364 e. The molecule has 0 aliphatic rings. The highest BCUT2D eigenvalue weighted by atomic mass is 19.1. The maximum atomic E-state index is 14.0. The van der Waals surface area contributed by atoms with Crippen molar-refractivity contribution in [1.29, 1.82) is 0 Å². The summed E-state index contributed by atoms with van der Waals surface area (Å²) in [7, 11) is 1.55. The highest BCUT2D eigenvalue weighted by molar-refractivity contribution is 5.97. The molecule has 3 aromatic rings. The van der Waals surface area contributed by atoms with Crippen LogP contribution in [-0.4, -0.2) is 20.7 Å².